The van der Waals surface area contributed by atoms with Gasteiger partial charge in [0, 0.05) is 6.92 Å². The maximum Gasteiger partial charge on any atom is 2.00 e. The number of aryl methyl sites for hydroxylation is 6. The third-order valence-electron chi connectivity index (χ3n) is 6.68. The van der Waals surface area contributed by atoms with E-state index in [0.717, 1.165) is 0 Å². The summed E-state index contributed by atoms with van der Waals surface area (Å²) in [6, 6.07) is 1.75. The number of nitrogens with zero attached hydrogens (tertiary/aromatic N) is 13. The van der Waals surface area contributed by atoms with E-state index in [-0.39, 0.29) is 163 Å². The largest absolute Gasteiger partial charge is 2.00 e. The minimum atomic E-state index is 0. The van der Waals surface area contributed by atoms with Crippen LogP contribution in [0.4, 0.5) is 0 Å². The van der Waals surface area contributed by atoms with Crippen LogP contribution in [-0.4, -0.2) is 27.4 Å². The number of aromatic nitrogens is 12. The second-order valence-electron chi connectivity index (χ2n) is 10.7. The van der Waals surface area contributed by atoms with Crippen LogP contribution in [0.2, 0.25) is 61.8 Å². The molecule has 0 aromatic carbocycles. The summed E-state index contributed by atoms with van der Waals surface area (Å²) >= 11 is 71.8. The number of nitriles is 1. The van der Waals surface area contributed by atoms with Crippen LogP contribution in [0.25, 0.3) is 0 Å². The molecule has 63 heavy (non-hydrogen) atoms. The first-order valence-electron chi connectivity index (χ1n) is 14.4. The summed E-state index contributed by atoms with van der Waals surface area (Å²) in [4.78, 5) is 0. The van der Waals surface area contributed by atoms with Crippen molar-refractivity contribution in [1.29, 1.82) is 5.26 Å². The van der Waals surface area contributed by atoms with Crippen molar-refractivity contribution in [2.24, 2.45) is 42.3 Å². The summed E-state index contributed by atoms with van der Waals surface area (Å²) in [6.45, 7) is 2.43. The van der Waals surface area contributed by atoms with Crippen LogP contribution in [0.15, 0.2) is 0 Å². The summed E-state index contributed by atoms with van der Waals surface area (Å²) in [5.74, 6) is 0. The van der Waals surface area contributed by atoms with Crippen LogP contribution in [0.1, 0.15) is 6.92 Å². The molecule has 0 amide bonds. The normalized spacial score (nSPS) is 9.17. The molecule has 0 radical (unpaired) electrons. The van der Waals surface area contributed by atoms with Gasteiger partial charge in [0.05, 0.1) is 79.3 Å². The van der Waals surface area contributed by atoms with E-state index in [1.807, 2.05) is 0 Å². The van der Waals surface area contributed by atoms with Crippen LogP contribution in [-0.2, 0) is 124 Å². The van der Waals surface area contributed by atoms with Crippen molar-refractivity contribution in [3.63, 3.8) is 0 Å². The third kappa shape index (κ3) is 21.0. The number of imidazole rings is 6. The molecule has 6 aromatic heterocycles. The zero-order valence-corrected chi connectivity index (χ0v) is 55.4. The van der Waals surface area contributed by atoms with Gasteiger partial charge in [0.25, 0.3) is 0 Å². The van der Waals surface area contributed by atoms with Crippen molar-refractivity contribution in [3.05, 3.63) is 99.8 Å². The van der Waals surface area contributed by atoms with Gasteiger partial charge in [-0.1, -0.05) is 0 Å². The van der Waals surface area contributed by atoms with Gasteiger partial charge in [-0.05, 0) is 0 Å². The Balaban J connectivity index is -0.000000135. The molecular formula is C29H27Br6Cl12N13Pd3. The Kier molecular flexibility index (Phi) is 47.0. The molecule has 6 aromatic rings. The van der Waals surface area contributed by atoms with E-state index in [1.54, 1.807) is 103 Å². The molecule has 34 heteroatoms. The smallest absolute Gasteiger partial charge is 1.00 e. The van der Waals surface area contributed by atoms with Crippen molar-refractivity contribution in [3.8, 4) is 6.07 Å². The molecule has 0 fully saturated rings. The molecule has 0 unspecified atom stereocenters. The van der Waals surface area contributed by atoms with Gasteiger partial charge in [-0.25, -0.2) is 0 Å². The quantitative estimate of drug-likeness (QED) is 0.0930. The van der Waals surface area contributed by atoms with Crippen molar-refractivity contribution in [1.82, 2.24) is 27.4 Å². The number of hydrogen-bond acceptors (Lipinski definition) is 1. The van der Waals surface area contributed by atoms with Gasteiger partial charge in [0.1, 0.15) is 30.9 Å². The zero-order valence-electron chi connectivity index (χ0n) is 32.2. The van der Waals surface area contributed by atoms with Crippen LogP contribution in [0.3, 0.4) is 0 Å². The maximum atomic E-state index is 7.32. The average Bonchev–Trinajstić information content (AvgIpc) is 3.84. The second kappa shape index (κ2) is 36.9. The molecule has 6 heterocycles. The summed E-state index contributed by atoms with van der Waals surface area (Å²) in [5.41, 5.74) is 0. The molecule has 0 saturated carbocycles. The SMILES string of the molecule is CC#N.C[n+]1[c-]n(Cn2[c-][n+](C)c(Cl)c2Cl)c(Cl)c1Cl.C[n+]1[c-]n(Cn2[c-][n+](C)c(Cl)c2Cl)c(Cl)c1Cl.Cn1[c-][n+](Cn2[c-][n+](C)c(Cl)c2Cl)c(Cl)c1Cl.[Br-].[Br-].[Br-].[Br-].[Br-].[Br-].[Pd+2].[Pd+2].[Pd+2]. The Labute approximate surface area is 529 Å². The molecule has 364 valence electrons. The fourth-order valence-electron chi connectivity index (χ4n) is 4.10. The van der Waals surface area contributed by atoms with E-state index in [9.17, 15) is 0 Å². The summed E-state index contributed by atoms with van der Waals surface area (Å²) in [7, 11) is 10.5. The Bertz CT molecular complexity index is 1950. The number of hydrogen-bond donors (Lipinski definition) is 0. The minimum absolute atomic E-state index is 0. The average molecular weight is 1780 g/mol. The van der Waals surface area contributed by atoms with Crippen LogP contribution < -0.4 is 129 Å². The van der Waals surface area contributed by atoms with Crippen molar-refractivity contribution < 1.29 is 191 Å². The molecule has 0 N–H and O–H groups in total. The fourth-order valence-corrected chi connectivity index (χ4v) is 6.25. The van der Waals surface area contributed by atoms with Gasteiger partial charge < -0.3 is 129 Å². The molecule has 0 aliphatic heterocycles. The van der Waals surface area contributed by atoms with Crippen molar-refractivity contribution >= 4 is 139 Å². The third-order valence-corrected chi connectivity index (χ3v) is 12.2. The number of rotatable bonds is 6. The van der Waals surface area contributed by atoms with Gasteiger partial charge in [-0.3, -0.25) is 27.4 Å². The second-order valence-corrected chi connectivity index (χ2v) is 15.0. The summed E-state index contributed by atoms with van der Waals surface area (Å²) in [5, 5.41) is 12.1. The van der Waals surface area contributed by atoms with Gasteiger partial charge >= 0.3 is 61.3 Å². The van der Waals surface area contributed by atoms with Crippen molar-refractivity contribution in [2.75, 3.05) is 0 Å². The molecular weight excluding hydrogens is 1750 g/mol. The van der Waals surface area contributed by atoms with Crippen LogP contribution in [0.5, 0.6) is 0 Å². The van der Waals surface area contributed by atoms with E-state index in [0.29, 0.717) is 81.8 Å². The van der Waals surface area contributed by atoms with Gasteiger partial charge in [0.2, 0.25) is 38.0 Å². The summed E-state index contributed by atoms with van der Waals surface area (Å²) < 4.78 is 19.2. The Morgan fingerprint density at radius 2 is 0.619 bits per heavy atom. The monoisotopic (exact) mass is 1770 g/mol. The van der Waals surface area contributed by atoms with E-state index in [4.69, 9.17) is 144 Å². The van der Waals surface area contributed by atoms with Crippen molar-refractivity contribution in [2.45, 2.75) is 26.9 Å². The molecule has 0 bridgehead atoms. The molecule has 0 aliphatic carbocycles. The molecule has 0 saturated heterocycles. The maximum absolute atomic E-state index is 7.32. The summed E-state index contributed by atoms with van der Waals surface area (Å²) in [6.07, 6.45) is 17.6. The molecule has 0 atom stereocenters. The molecule has 6 rings (SSSR count). The first kappa shape index (κ1) is 80.2. The fraction of sp³-hybridized carbons (Fsp3) is 0.345. The van der Waals surface area contributed by atoms with E-state index < -0.39 is 0 Å². The Morgan fingerprint density at radius 3 is 0.778 bits per heavy atom. The van der Waals surface area contributed by atoms with Crippen LogP contribution >= 0.6 is 139 Å². The number of halogens is 18. The topological polar surface area (TPSA) is 76.7 Å². The van der Waals surface area contributed by atoms with E-state index >= 15 is 0 Å². The first-order valence-corrected chi connectivity index (χ1v) is 19.0. The Hall–Kier alpha value is 3.10. The minimum Gasteiger partial charge on any atom is -1.00 e. The van der Waals surface area contributed by atoms with Gasteiger partial charge in [-0.15, -0.1) is 139 Å². The van der Waals surface area contributed by atoms with Crippen LogP contribution in [0, 0.1) is 49.3 Å². The predicted molar refractivity (Wildman–Crippen MR) is 204 cm³/mol. The molecule has 0 spiro atoms. The molecule has 13 nitrogen and oxygen atoms in total. The molecule has 0 aliphatic rings. The first-order chi connectivity index (χ1) is 25.2. The van der Waals surface area contributed by atoms with E-state index in [1.165, 1.54) is 6.92 Å². The van der Waals surface area contributed by atoms with Gasteiger partial charge in [-0.2, -0.15) is 5.26 Å². The Morgan fingerprint density at radius 1 is 0.413 bits per heavy atom. The van der Waals surface area contributed by atoms with Gasteiger partial charge in [0.15, 0.2) is 20.0 Å². The van der Waals surface area contributed by atoms with E-state index in [2.05, 4.69) is 38.0 Å². The zero-order chi connectivity index (χ0) is 40.9. The predicted octanol–water partition coefficient (Wildman–Crippen LogP) is -12.5. The standard InChI is InChI=1S/3C9H8Cl4N4.C2H3N.6BrH.3Pd/c3*1-14-3-16(8(12)6(14)10)5-17-4-15(2)7(11)9(17)13;1-2-3;;;;;;;;;/h3*5H2,1-2H3;1H3;6*1H;;;/q;;;;;;;;;;3*+2/p-6.